The summed E-state index contributed by atoms with van der Waals surface area (Å²) in [5, 5.41) is 5.16. The number of hydrogen-bond donors (Lipinski definition) is 3. The van der Waals surface area contributed by atoms with Crippen LogP contribution < -0.4 is 16.4 Å². The molecule has 1 aromatic carbocycles. The monoisotopic (exact) mass is 547 g/mol. The molecule has 1 aromatic rings. The summed E-state index contributed by atoms with van der Waals surface area (Å²) in [5.74, 6) is 0.423. The van der Waals surface area contributed by atoms with Crippen molar-refractivity contribution in [2.24, 2.45) is 16.6 Å². The van der Waals surface area contributed by atoms with Crippen LogP contribution in [0.3, 0.4) is 0 Å². The summed E-state index contributed by atoms with van der Waals surface area (Å²) < 4.78 is 15.1. The van der Waals surface area contributed by atoms with Crippen LogP contribution in [0.5, 0.6) is 0 Å². The first-order valence-electron chi connectivity index (χ1n) is 13.3. The summed E-state index contributed by atoms with van der Waals surface area (Å²) in [5.41, 5.74) is 5.55. The number of hydrogen-bond acceptors (Lipinski definition) is 7. The zero-order valence-electron chi connectivity index (χ0n) is 23.2. The number of rotatable bonds is 9. The molecule has 0 spiro atoms. The van der Waals surface area contributed by atoms with Crippen LogP contribution >= 0.6 is 0 Å². The van der Waals surface area contributed by atoms with Gasteiger partial charge in [0.15, 0.2) is 0 Å². The van der Waals surface area contributed by atoms with Crippen molar-refractivity contribution in [3.05, 3.63) is 35.9 Å². The molecule has 1 unspecified atom stereocenters. The molecule has 12 nitrogen and oxygen atoms in total. The lowest BCUT2D eigenvalue weighted by molar-refractivity contribution is -0.135. The Balaban J connectivity index is 1.81. The highest BCUT2D eigenvalue weighted by atomic mass is 16.6. The second-order valence-corrected chi connectivity index (χ2v) is 10.3. The fourth-order valence-corrected chi connectivity index (χ4v) is 3.98. The quantitative estimate of drug-likeness (QED) is 0.182. The lowest BCUT2D eigenvalue weighted by Gasteiger charge is -2.34. The van der Waals surface area contributed by atoms with E-state index in [9.17, 15) is 19.2 Å². The first-order valence-corrected chi connectivity index (χ1v) is 13.3. The summed E-state index contributed by atoms with van der Waals surface area (Å²) in [6.45, 7) is 8.77. The molecule has 12 heteroatoms. The average Bonchev–Trinajstić information content (AvgIpc) is 2.88. The van der Waals surface area contributed by atoms with Gasteiger partial charge in [0.25, 0.3) is 0 Å². The molecule has 0 bridgehead atoms. The van der Waals surface area contributed by atoms with Gasteiger partial charge in [0.2, 0.25) is 5.91 Å². The van der Waals surface area contributed by atoms with Crippen LogP contribution in [-0.4, -0.2) is 66.4 Å². The minimum atomic E-state index is -0.998. The Labute approximate surface area is 229 Å². The Morgan fingerprint density at radius 1 is 1.10 bits per heavy atom. The molecule has 1 aliphatic rings. The van der Waals surface area contributed by atoms with Crippen molar-refractivity contribution in [3.8, 4) is 0 Å². The van der Waals surface area contributed by atoms with Gasteiger partial charge in [-0.15, -0.1) is 4.99 Å². The second-order valence-electron chi connectivity index (χ2n) is 10.3. The molecule has 1 heterocycles. The van der Waals surface area contributed by atoms with Crippen molar-refractivity contribution in [3.63, 3.8) is 0 Å². The van der Waals surface area contributed by atoms with Crippen molar-refractivity contribution in [1.82, 2.24) is 15.5 Å². The Morgan fingerprint density at radius 3 is 2.38 bits per heavy atom. The lowest BCUT2D eigenvalue weighted by atomic mass is 9.94. The highest BCUT2D eigenvalue weighted by molar-refractivity contribution is 5.91. The van der Waals surface area contributed by atoms with E-state index in [2.05, 4.69) is 22.5 Å². The number of alkyl carbamates (subject to hydrolysis) is 2. The molecule has 0 radical (unpaired) electrons. The minimum absolute atomic E-state index is 0.00349. The number of carbonyl (C=O) groups is 4. The maximum absolute atomic E-state index is 13.2. The molecule has 1 atom stereocenters. The maximum Gasteiger partial charge on any atom is 0.438 e. The number of amides is 4. The predicted octanol–water partition coefficient (Wildman–Crippen LogP) is 3.69. The second kappa shape index (κ2) is 15.6. The summed E-state index contributed by atoms with van der Waals surface area (Å²) in [4.78, 5) is 54.5. The van der Waals surface area contributed by atoms with Crippen molar-refractivity contribution >= 4 is 30.2 Å². The number of nitrogens with two attached hydrogens (primary N) is 1. The number of carbonyl (C=O) groups excluding carboxylic acids is 4. The van der Waals surface area contributed by atoms with E-state index in [4.69, 9.17) is 19.9 Å². The van der Waals surface area contributed by atoms with E-state index in [-0.39, 0.29) is 25.5 Å². The van der Waals surface area contributed by atoms with Crippen LogP contribution in [0.2, 0.25) is 0 Å². The summed E-state index contributed by atoms with van der Waals surface area (Å²) in [6, 6.07) is 7.52. The fourth-order valence-electron chi connectivity index (χ4n) is 3.98. The number of nitrogens with one attached hydrogen (secondary N) is 2. The molecule has 216 valence electrons. The molecule has 0 aromatic heterocycles. The molecular weight excluding hydrogens is 506 g/mol. The zero-order valence-corrected chi connectivity index (χ0v) is 23.2. The van der Waals surface area contributed by atoms with Crippen LogP contribution in [0, 0.1) is 5.92 Å². The van der Waals surface area contributed by atoms with Crippen molar-refractivity contribution < 1.29 is 33.4 Å². The van der Waals surface area contributed by atoms with E-state index in [0.29, 0.717) is 25.4 Å². The molecule has 1 aliphatic heterocycles. The molecule has 1 fully saturated rings. The van der Waals surface area contributed by atoms with Crippen molar-refractivity contribution in [1.29, 1.82) is 0 Å². The lowest BCUT2D eigenvalue weighted by Crippen LogP contribution is -2.51. The van der Waals surface area contributed by atoms with Gasteiger partial charge in [0, 0.05) is 19.6 Å². The SMILES string of the molecule is CCC1CCN(C(=O)C(CCCNC(=O)OC(N)=NC(=O)OCc2ccccc2)NC(=O)OC(C)(C)C)CC1. The van der Waals surface area contributed by atoms with Crippen LogP contribution in [0.4, 0.5) is 14.4 Å². The largest absolute Gasteiger partial charge is 0.444 e. The topological polar surface area (TPSA) is 162 Å². The average molecular weight is 548 g/mol. The summed E-state index contributed by atoms with van der Waals surface area (Å²) >= 11 is 0. The van der Waals surface area contributed by atoms with Gasteiger partial charge in [-0.3, -0.25) is 4.79 Å². The van der Waals surface area contributed by atoms with E-state index in [1.54, 1.807) is 49.9 Å². The van der Waals surface area contributed by atoms with Gasteiger partial charge in [-0.25, -0.2) is 14.4 Å². The van der Waals surface area contributed by atoms with Gasteiger partial charge in [-0.2, -0.15) is 0 Å². The zero-order chi connectivity index (χ0) is 28.8. The Kier molecular flexibility index (Phi) is 12.5. The third kappa shape index (κ3) is 12.5. The van der Waals surface area contributed by atoms with E-state index in [1.165, 1.54) is 0 Å². The van der Waals surface area contributed by atoms with Crippen molar-refractivity contribution in [2.75, 3.05) is 19.6 Å². The first kappa shape index (κ1) is 31.4. The van der Waals surface area contributed by atoms with Gasteiger partial charge >= 0.3 is 24.3 Å². The fraction of sp³-hybridized carbons (Fsp3) is 0.593. The first-order chi connectivity index (χ1) is 18.5. The van der Waals surface area contributed by atoms with Crippen LogP contribution in [0.25, 0.3) is 0 Å². The number of benzene rings is 1. The predicted molar refractivity (Wildman–Crippen MR) is 145 cm³/mol. The van der Waals surface area contributed by atoms with Crippen molar-refractivity contribution in [2.45, 2.75) is 78.0 Å². The third-order valence-corrected chi connectivity index (χ3v) is 6.04. The number of aliphatic imine (C=N–C) groups is 1. The summed E-state index contributed by atoms with van der Waals surface area (Å²) in [6.07, 6.45) is 0.950. The van der Waals surface area contributed by atoms with Crippen LogP contribution in [0.15, 0.2) is 35.3 Å². The molecular formula is C27H41N5O7. The van der Waals surface area contributed by atoms with E-state index in [0.717, 1.165) is 24.8 Å². The van der Waals surface area contributed by atoms with Gasteiger partial charge in [-0.1, -0.05) is 43.7 Å². The number of piperidine rings is 1. The molecule has 1 saturated heterocycles. The minimum Gasteiger partial charge on any atom is -0.444 e. The molecule has 0 saturated carbocycles. The molecule has 39 heavy (non-hydrogen) atoms. The summed E-state index contributed by atoms with van der Waals surface area (Å²) in [7, 11) is 0. The Hall–Kier alpha value is -3.83. The molecule has 2 rings (SSSR count). The highest BCUT2D eigenvalue weighted by Crippen LogP contribution is 2.21. The van der Waals surface area contributed by atoms with Crippen LogP contribution in [0.1, 0.15) is 65.4 Å². The number of nitrogens with zero attached hydrogens (tertiary/aromatic N) is 2. The van der Waals surface area contributed by atoms with Gasteiger partial charge in [0.1, 0.15) is 18.2 Å². The molecule has 0 aliphatic carbocycles. The van der Waals surface area contributed by atoms with E-state index >= 15 is 0 Å². The van der Waals surface area contributed by atoms with E-state index in [1.807, 2.05) is 6.07 Å². The highest BCUT2D eigenvalue weighted by Gasteiger charge is 2.30. The van der Waals surface area contributed by atoms with Gasteiger partial charge in [-0.05, 0) is 57.9 Å². The molecule has 4 amide bonds. The molecule has 4 N–H and O–H groups in total. The Morgan fingerprint density at radius 2 is 1.77 bits per heavy atom. The third-order valence-electron chi connectivity index (χ3n) is 6.04. The smallest absolute Gasteiger partial charge is 0.438 e. The normalized spacial score (nSPS) is 15.2. The number of amidine groups is 1. The number of likely N-dealkylation sites (tertiary alicyclic amines) is 1. The Bertz CT molecular complexity index is 986. The number of ether oxygens (including phenoxy) is 3. The van der Waals surface area contributed by atoms with E-state index < -0.39 is 35.9 Å². The maximum atomic E-state index is 13.2. The van der Waals surface area contributed by atoms with Crippen LogP contribution in [-0.2, 0) is 25.6 Å². The standard InChI is InChI=1S/C27H41N5O7/c1-5-19-13-16-32(17-14-19)22(33)21(30-26(36)39-27(2,3)4)12-9-15-29-24(34)38-23(28)31-25(35)37-18-20-10-7-6-8-11-20/h6-8,10-11,19,21H,5,9,12-18H2,1-4H3,(H,29,34)(H,30,36)(H2,28,31,35). The van der Waals surface area contributed by atoms with Gasteiger partial charge in [0.05, 0.1) is 0 Å². The van der Waals surface area contributed by atoms with Gasteiger partial charge < -0.3 is 35.5 Å².